The van der Waals surface area contributed by atoms with E-state index in [1.165, 1.54) is 11.8 Å². The number of nitrogens with zero attached hydrogens (tertiary/aromatic N) is 1. The van der Waals surface area contributed by atoms with Gasteiger partial charge in [0.25, 0.3) is 0 Å². The monoisotopic (exact) mass is 479 g/mol. The molecule has 172 valence electrons. The topological polar surface area (TPSA) is 104 Å². The van der Waals surface area contributed by atoms with Gasteiger partial charge in [-0.15, -0.1) is 0 Å². The maximum absolute atomic E-state index is 10.6. The minimum atomic E-state index is -1.47. The number of aliphatic hydroxyl groups is 4. The molecule has 2 aromatic carbocycles. The first-order valence-corrected chi connectivity index (χ1v) is 11.5. The third-order valence-electron chi connectivity index (χ3n) is 5.32. The van der Waals surface area contributed by atoms with Crippen LogP contribution in [0.4, 0.5) is 0 Å². The summed E-state index contributed by atoms with van der Waals surface area (Å²) >= 11 is 7.76. The minimum Gasteiger partial charge on any atom is -0.491 e. The summed E-state index contributed by atoms with van der Waals surface area (Å²) in [4.78, 5) is 1.88. The molecule has 1 aromatic heterocycles. The molecule has 0 spiro atoms. The number of ether oxygens (including phenoxy) is 2. The Bertz CT molecular complexity index is 1070. The van der Waals surface area contributed by atoms with Gasteiger partial charge in [0.05, 0.1) is 18.2 Å². The Morgan fingerprint density at radius 2 is 1.78 bits per heavy atom. The summed E-state index contributed by atoms with van der Waals surface area (Å²) in [6.45, 7) is 3.46. The van der Waals surface area contributed by atoms with Crippen molar-refractivity contribution >= 4 is 34.3 Å². The molecule has 0 radical (unpaired) electrons. The fourth-order valence-corrected chi connectivity index (χ4v) is 4.92. The van der Waals surface area contributed by atoms with Gasteiger partial charge < -0.3 is 34.5 Å². The predicted octanol–water partition coefficient (Wildman–Crippen LogP) is 3.21. The van der Waals surface area contributed by atoms with Gasteiger partial charge in [-0.1, -0.05) is 29.4 Å². The molecular weight excluding hydrogens is 454 g/mol. The van der Waals surface area contributed by atoms with Crippen molar-refractivity contribution in [3.05, 3.63) is 53.7 Å². The van der Waals surface area contributed by atoms with E-state index in [-0.39, 0.29) is 6.10 Å². The van der Waals surface area contributed by atoms with Gasteiger partial charge >= 0.3 is 0 Å². The smallest absolute Gasteiger partial charge is 0.163 e. The van der Waals surface area contributed by atoms with Crippen molar-refractivity contribution in [2.24, 2.45) is 0 Å². The fraction of sp³-hybridized carbons (Fsp3) is 0.391. The fourth-order valence-electron chi connectivity index (χ4n) is 3.78. The second-order valence-electron chi connectivity index (χ2n) is 8.02. The molecule has 0 aliphatic carbocycles. The first-order chi connectivity index (χ1) is 15.3. The summed E-state index contributed by atoms with van der Waals surface area (Å²) in [5.41, 5.74) is 0.698. The summed E-state index contributed by atoms with van der Waals surface area (Å²) < 4.78 is 13.1. The highest BCUT2D eigenvalue weighted by Gasteiger charge is 2.44. The lowest BCUT2D eigenvalue weighted by atomic mass is 9.98. The Kier molecular flexibility index (Phi) is 7.02. The van der Waals surface area contributed by atoms with Crippen molar-refractivity contribution < 1.29 is 29.9 Å². The molecule has 1 aliphatic heterocycles. The van der Waals surface area contributed by atoms with Gasteiger partial charge in [-0.3, -0.25) is 0 Å². The Morgan fingerprint density at radius 3 is 2.44 bits per heavy atom. The highest BCUT2D eigenvalue weighted by atomic mass is 35.5. The van der Waals surface area contributed by atoms with Crippen molar-refractivity contribution in [3.63, 3.8) is 0 Å². The van der Waals surface area contributed by atoms with E-state index in [1.807, 2.05) is 50.4 Å². The Hall–Kier alpha value is -1.78. The lowest BCUT2D eigenvalue weighted by Gasteiger charge is -2.40. The lowest BCUT2D eigenvalue weighted by molar-refractivity contribution is -0.250. The summed E-state index contributed by atoms with van der Waals surface area (Å²) in [5.74, 6) is 0.792. The molecule has 5 atom stereocenters. The zero-order valence-corrected chi connectivity index (χ0v) is 19.2. The first kappa shape index (κ1) is 23.4. The predicted molar refractivity (Wildman–Crippen MR) is 122 cm³/mol. The zero-order valence-electron chi connectivity index (χ0n) is 17.6. The molecule has 1 saturated heterocycles. The molecule has 3 aromatic rings. The normalized spacial score (nSPS) is 26.1. The molecule has 0 unspecified atom stereocenters. The van der Waals surface area contributed by atoms with E-state index in [2.05, 4.69) is 0 Å². The third-order valence-corrected chi connectivity index (χ3v) is 6.61. The van der Waals surface area contributed by atoms with Crippen LogP contribution in [0.2, 0.25) is 5.02 Å². The number of aromatic nitrogens is 1. The van der Waals surface area contributed by atoms with Crippen LogP contribution in [0.5, 0.6) is 5.75 Å². The Balaban J connectivity index is 1.70. The van der Waals surface area contributed by atoms with Crippen LogP contribution in [-0.4, -0.2) is 62.1 Å². The van der Waals surface area contributed by atoms with E-state index in [4.69, 9.17) is 21.1 Å². The van der Waals surface area contributed by atoms with Gasteiger partial charge in [0.1, 0.15) is 30.2 Å². The van der Waals surface area contributed by atoms with Crippen molar-refractivity contribution in [1.29, 1.82) is 0 Å². The van der Waals surface area contributed by atoms with Crippen molar-refractivity contribution in [2.45, 2.75) is 60.4 Å². The molecular formula is C23H26ClNO6S. The van der Waals surface area contributed by atoms with Crippen LogP contribution >= 0.6 is 23.4 Å². The number of hydrogen-bond donors (Lipinski definition) is 4. The highest BCUT2D eigenvalue weighted by molar-refractivity contribution is 7.99. The number of rotatable bonds is 6. The molecule has 32 heavy (non-hydrogen) atoms. The van der Waals surface area contributed by atoms with Gasteiger partial charge in [0.2, 0.25) is 0 Å². The molecule has 1 fully saturated rings. The largest absolute Gasteiger partial charge is 0.491 e. The van der Waals surface area contributed by atoms with E-state index in [0.717, 1.165) is 20.9 Å². The summed E-state index contributed by atoms with van der Waals surface area (Å²) in [6.07, 6.45) is -4.38. The maximum atomic E-state index is 10.6. The van der Waals surface area contributed by atoms with E-state index < -0.39 is 37.3 Å². The summed E-state index contributed by atoms with van der Waals surface area (Å²) in [5, 5.41) is 41.9. The van der Waals surface area contributed by atoms with Gasteiger partial charge in [-0.05, 0) is 50.2 Å². The van der Waals surface area contributed by atoms with E-state index in [0.29, 0.717) is 10.5 Å². The van der Waals surface area contributed by atoms with Crippen LogP contribution in [0.3, 0.4) is 0 Å². The average Bonchev–Trinajstić information content (AvgIpc) is 3.10. The molecule has 0 saturated carbocycles. The van der Waals surface area contributed by atoms with Crippen LogP contribution in [0.15, 0.2) is 58.5 Å². The van der Waals surface area contributed by atoms with Gasteiger partial charge in [0, 0.05) is 26.4 Å². The summed E-state index contributed by atoms with van der Waals surface area (Å²) in [7, 11) is 0. The number of fused-ring (bicyclic) bond motifs is 1. The van der Waals surface area contributed by atoms with Crippen molar-refractivity contribution in [2.75, 3.05) is 6.61 Å². The van der Waals surface area contributed by atoms with Crippen molar-refractivity contribution in [3.8, 4) is 5.75 Å². The van der Waals surface area contributed by atoms with Crippen LogP contribution in [0, 0.1) is 0 Å². The average molecular weight is 480 g/mol. The Labute approximate surface area is 195 Å². The lowest BCUT2D eigenvalue weighted by Crippen LogP contribution is -2.56. The second kappa shape index (κ2) is 9.61. The van der Waals surface area contributed by atoms with Gasteiger partial charge in [-0.25, -0.2) is 0 Å². The van der Waals surface area contributed by atoms with Crippen LogP contribution in [-0.2, 0) is 4.74 Å². The van der Waals surface area contributed by atoms with E-state index in [9.17, 15) is 20.4 Å². The quantitative estimate of drug-likeness (QED) is 0.430. The van der Waals surface area contributed by atoms with Crippen LogP contribution in [0.1, 0.15) is 20.1 Å². The third kappa shape index (κ3) is 4.63. The molecule has 4 rings (SSSR count). The standard InChI is InChI=1S/C23H26ClNO6S/c1-12(2)30-14-4-6-15(7-5-14)32-19-10-25(17-9-13(24)3-8-16(17)19)23-22(29)21(28)20(27)18(11-26)31-23/h3-10,12,18,20-23,26-29H,11H2,1-2H3/t18-,20-,21+,22-,23-/m1/s1. The van der Waals surface area contributed by atoms with E-state index >= 15 is 0 Å². The van der Waals surface area contributed by atoms with E-state index in [1.54, 1.807) is 16.7 Å². The number of hydrogen-bond acceptors (Lipinski definition) is 7. The number of benzene rings is 2. The molecule has 9 heteroatoms. The molecule has 1 aliphatic rings. The maximum Gasteiger partial charge on any atom is 0.163 e. The molecule has 0 bridgehead atoms. The highest BCUT2D eigenvalue weighted by Crippen LogP contribution is 2.40. The van der Waals surface area contributed by atoms with Gasteiger partial charge in [-0.2, -0.15) is 0 Å². The Morgan fingerprint density at radius 1 is 1.06 bits per heavy atom. The zero-order chi connectivity index (χ0) is 23.0. The summed E-state index contributed by atoms with van der Waals surface area (Å²) in [6, 6.07) is 13.2. The molecule has 0 amide bonds. The van der Waals surface area contributed by atoms with Crippen molar-refractivity contribution in [1.82, 2.24) is 4.57 Å². The molecule has 2 heterocycles. The minimum absolute atomic E-state index is 0.0924. The SMILES string of the molecule is CC(C)Oc1ccc(Sc2cn([C@@H]3O[C@H](CO)[C@@H](O)[C@H](O)[C@H]3O)c3cc(Cl)ccc23)cc1. The number of aliphatic hydroxyl groups excluding tert-OH is 4. The van der Waals surface area contributed by atoms with Crippen LogP contribution in [0.25, 0.3) is 10.9 Å². The number of halogens is 1. The second-order valence-corrected chi connectivity index (χ2v) is 9.57. The first-order valence-electron chi connectivity index (χ1n) is 10.3. The van der Waals surface area contributed by atoms with Crippen LogP contribution < -0.4 is 4.74 Å². The molecule has 4 N–H and O–H groups in total. The van der Waals surface area contributed by atoms with Gasteiger partial charge in [0.15, 0.2) is 6.23 Å². The molecule has 7 nitrogen and oxygen atoms in total.